The summed E-state index contributed by atoms with van der Waals surface area (Å²) in [4.78, 5) is 15.1. The third kappa shape index (κ3) is 5.15. The zero-order valence-corrected chi connectivity index (χ0v) is 29.1. The summed E-state index contributed by atoms with van der Waals surface area (Å²) in [5.74, 6) is 4.21. The van der Waals surface area contributed by atoms with Gasteiger partial charge < -0.3 is 9.47 Å². The summed E-state index contributed by atoms with van der Waals surface area (Å²) in [6.07, 6.45) is 0. The van der Waals surface area contributed by atoms with E-state index in [1.165, 1.54) is 22.3 Å². The monoisotopic (exact) mass is 681 g/mol. The minimum absolute atomic E-state index is 0.175. The third-order valence-electron chi connectivity index (χ3n) is 10.3. The van der Waals surface area contributed by atoms with E-state index in [9.17, 15) is 0 Å². The van der Waals surface area contributed by atoms with Gasteiger partial charge in [0.05, 0.1) is 5.56 Å². The molecule has 10 rings (SSSR count). The first kappa shape index (κ1) is 30.8. The summed E-state index contributed by atoms with van der Waals surface area (Å²) in [6, 6.07) is 57.9. The maximum absolute atomic E-state index is 6.78. The SMILES string of the molecule is CC1(C)c2ccccc2-c2cc3c(cc21)Oc1c(-c2ccccc2-c2nc(-c4ccccc4)nc(-c4ccc(-c5ccccc5)cc4)n2)c#ccc1O3. The minimum atomic E-state index is -0.175. The standard InChI is InChI=1S/C48H31N3O2/c1-48(2)39-22-12-11-19-35(39)38-28-42-43(29-40(38)48)53-44-36(21-13-23-41(44)52-42)34-18-9-10-20-37(34)47-50-45(32-16-7-4-8-17-32)49-46(51-47)33-26-24-31(25-27-33)30-14-5-3-6-15-30/h3-12,14-20,22-29H,1-2H3. The number of rotatable bonds is 5. The lowest BCUT2D eigenvalue weighted by molar-refractivity contribution is 0.360. The van der Waals surface area contributed by atoms with Crippen LogP contribution in [0.2, 0.25) is 0 Å². The number of aromatic nitrogens is 3. The molecule has 0 atom stereocenters. The third-order valence-corrected chi connectivity index (χ3v) is 10.3. The van der Waals surface area contributed by atoms with E-state index >= 15 is 0 Å². The first-order valence-corrected chi connectivity index (χ1v) is 17.7. The Bertz CT molecular complexity index is 2690. The molecule has 7 aromatic carbocycles. The molecule has 0 unspecified atom stereocenters. The molecule has 53 heavy (non-hydrogen) atoms. The van der Waals surface area contributed by atoms with E-state index in [1.807, 2.05) is 72.8 Å². The van der Waals surface area contributed by atoms with E-state index < -0.39 is 0 Å². The molecule has 0 N–H and O–H groups in total. The second kappa shape index (κ2) is 12.0. The van der Waals surface area contributed by atoms with Gasteiger partial charge in [0.25, 0.3) is 0 Å². The highest BCUT2D eigenvalue weighted by molar-refractivity contribution is 5.87. The molecule has 0 spiro atoms. The van der Waals surface area contributed by atoms with Crippen LogP contribution in [0.15, 0.2) is 152 Å². The molecule has 0 bridgehead atoms. The Morgan fingerprint density at radius 3 is 1.74 bits per heavy atom. The summed E-state index contributed by atoms with van der Waals surface area (Å²) in [5, 5.41) is 0. The van der Waals surface area contributed by atoms with Crippen LogP contribution in [0.1, 0.15) is 25.0 Å². The van der Waals surface area contributed by atoms with Crippen LogP contribution in [0, 0.1) is 12.1 Å². The lowest BCUT2D eigenvalue weighted by atomic mass is 9.82. The number of hydrogen-bond donors (Lipinski definition) is 0. The molecule has 250 valence electrons. The molecule has 1 aliphatic heterocycles. The maximum Gasteiger partial charge on any atom is 0.187 e. The van der Waals surface area contributed by atoms with E-state index in [2.05, 4.69) is 98.8 Å². The molecule has 2 aliphatic rings. The molecule has 5 heteroatoms. The van der Waals surface area contributed by atoms with Gasteiger partial charge in [0.2, 0.25) is 0 Å². The molecule has 1 aliphatic carbocycles. The highest BCUT2D eigenvalue weighted by Crippen LogP contribution is 2.56. The summed E-state index contributed by atoms with van der Waals surface area (Å²) in [6.45, 7) is 4.52. The van der Waals surface area contributed by atoms with Gasteiger partial charge in [-0.15, -0.1) is 0 Å². The van der Waals surface area contributed by atoms with Crippen molar-refractivity contribution < 1.29 is 9.47 Å². The Kier molecular flexibility index (Phi) is 6.99. The van der Waals surface area contributed by atoms with E-state index in [0.29, 0.717) is 46.0 Å². The fraction of sp³-hybridized carbons (Fsp3) is 0.0625. The fourth-order valence-corrected chi connectivity index (χ4v) is 7.56. The zero-order chi connectivity index (χ0) is 35.5. The number of ether oxygens (including phenoxy) is 2. The van der Waals surface area contributed by atoms with Crippen LogP contribution >= 0.6 is 0 Å². The van der Waals surface area contributed by atoms with Gasteiger partial charge >= 0.3 is 0 Å². The lowest BCUT2D eigenvalue weighted by Crippen LogP contribution is -2.15. The second-order valence-corrected chi connectivity index (χ2v) is 13.9. The molecule has 5 nitrogen and oxygen atoms in total. The minimum Gasteiger partial charge on any atom is -0.449 e. The Hall–Kier alpha value is -7.03. The summed E-state index contributed by atoms with van der Waals surface area (Å²) < 4.78 is 13.3. The first-order chi connectivity index (χ1) is 26.0. The van der Waals surface area contributed by atoms with Crippen LogP contribution in [0.5, 0.6) is 23.0 Å². The molecule has 0 fully saturated rings. The van der Waals surface area contributed by atoms with Gasteiger partial charge in [0.1, 0.15) is 0 Å². The second-order valence-electron chi connectivity index (χ2n) is 13.9. The van der Waals surface area contributed by atoms with Gasteiger partial charge in [0, 0.05) is 33.7 Å². The fourth-order valence-electron chi connectivity index (χ4n) is 7.56. The van der Waals surface area contributed by atoms with Crippen molar-refractivity contribution in [2.24, 2.45) is 0 Å². The van der Waals surface area contributed by atoms with Gasteiger partial charge in [0.15, 0.2) is 40.5 Å². The smallest absolute Gasteiger partial charge is 0.187 e. The van der Waals surface area contributed by atoms with Crippen molar-refractivity contribution in [3.63, 3.8) is 0 Å². The Labute approximate surface area is 308 Å². The van der Waals surface area contributed by atoms with E-state index in [4.69, 9.17) is 24.4 Å². The highest BCUT2D eigenvalue weighted by Gasteiger charge is 2.37. The van der Waals surface area contributed by atoms with Crippen molar-refractivity contribution in [1.82, 2.24) is 15.0 Å². The summed E-state index contributed by atoms with van der Waals surface area (Å²) in [5.41, 5.74) is 11.2. The number of benzene rings is 6. The number of nitrogens with zero attached hydrogens (tertiary/aromatic N) is 3. The highest BCUT2D eigenvalue weighted by atomic mass is 16.6. The van der Waals surface area contributed by atoms with Gasteiger partial charge in [-0.2, -0.15) is 0 Å². The molecule has 0 saturated heterocycles. The molecule has 0 radical (unpaired) electrons. The van der Waals surface area contributed by atoms with Gasteiger partial charge in [-0.3, -0.25) is 0 Å². The van der Waals surface area contributed by atoms with E-state index in [0.717, 1.165) is 33.4 Å². The first-order valence-electron chi connectivity index (χ1n) is 17.7. The van der Waals surface area contributed by atoms with Crippen LogP contribution in [0.3, 0.4) is 0 Å². The zero-order valence-electron chi connectivity index (χ0n) is 29.1. The molecule has 8 aromatic rings. The Morgan fingerprint density at radius 1 is 0.453 bits per heavy atom. The van der Waals surface area contributed by atoms with Gasteiger partial charge in [-0.05, 0) is 45.5 Å². The van der Waals surface area contributed by atoms with Crippen molar-refractivity contribution in [3.05, 3.63) is 175 Å². The predicted octanol–water partition coefficient (Wildman–Crippen LogP) is 12.0. The molecule has 2 heterocycles. The maximum atomic E-state index is 6.78. The molecular weight excluding hydrogens is 651 g/mol. The van der Waals surface area contributed by atoms with Crippen LogP contribution in [-0.2, 0) is 5.41 Å². The predicted molar refractivity (Wildman–Crippen MR) is 209 cm³/mol. The van der Waals surface area contributed by atoms with E-state index in [1.54, 1.807) is 6.07 Å². The summed E-state index contributed by atoms with van der Waals surface area (Å²) >= 11 is 0. The Morgan fingerprint density at radius 2 is 1.00 bits per heavy atom. The number of hydrogen-bond acceptors (Lipinski definition) is 5. The van der Waals surface area contributed by atoms with Crippen molar-refractivity contribution >= 4 is 0 Å². The van der Waals surface area contributed by atoms with Crippen molar-refractivity contribution in [1.29, 1.82) is 0 Å². The topological polar surface area (TPSA) is 57.1 Å². The molecule has 1 aromatic heterocycles. The normalized spacial score (nSPS) is 13.0. The van der Waals surface area contributed by atoms with Crippen LogP contribution < -0.4 is 9.47 Å². The molecular formula is C48H31N3O2. The molecule has 0 amide bonds. The number of fused-ring (bicyclic) bond motifs is 5. The quantitative estimate of drug-likeness (QED) is 0.181. The van der Waals surface area contributed by atoms with Crippen molar-refractivity contribution in [2.75, 3.05) is 0 Å². The Balaban J connectivity index is 1.08. The van der Waals surface area contributed by atoms with Crippen LogP contribution in [0.25, 0.3) is 67.5 Å². The largest absolute Gasteiger partial charge is 0.449 e. The van der Waals surface area contributed by atoms with Gasteiger partial charge in [-0.25, -0.2) is 15.0 Å². The summed E-state index contributed by atoms with van der Waals surface area (Å²) in [7, 11) is 0. The van der Waals surface area contributed by atoms with Crippen molar-refractivity contribution in [3.8, 4) is 90.5 Å². The van der Waals surface area contributed by atoms with E-state index in [-0.39, 0.29) is 5.41 Å². The lowest BCUT2D eigenvalue weighted by Gasteiger charge is -2.25. The average molecular weight is 682 g/mol. The van der Waals surface area contributed by atoms with Crippen LogP contribution in [-0.4, -0.2) is 15.0 Å². The van der Waals surface area contributed by atoms with Gasteiger partial charge in [-0.1, -0.05) is 159 Å². The molecule has 0 saturated carbocycles. The van der Waals surface area contributed by atoms with Crippen molar-refractivity contribution in [2.45, 2.75) is 19.3 Å². The van der Waals surface area contributed by atoms with Crippen LogP contribution in [0.4, 0.5) is 0 Å². The average Bonchev–Trinajstić information content (AvgIpc) is 3.44.